The number of aryl methyl sites for hydroxylation is 2. The van der Waals surface area contributed by atoms with Crippen molar-refractivity contribution in [2.24, 2.45) is 0 Å². The van der Waals surface area contributed by atoms with Gasteiger partial charge in [-0.3, -0.25) is 4.90 Å². The van der Waals surface area contributed by atoms with Gasteiger partial charge in [0.2, 0.25) is 5.89 Å². The number of benzene rings is 1. The number of para-hydroxylation sites is 1. The summed E-state index contributed by atoms with van der Waals surface area (Å²) in [4.78, 5) is 6.59. The Morgan fingerprint density at radius 2 is 2.21 bits per heavy atom. The summed E-state index contributed by atoms with van der Waals surface area (Å²) in [6.45, 7) is 6.54. The van der Waals surface area contributed by atoms with Crippen LogP contribution in [-0.2, 0) is 0 Å². The molecular formula is C18H25N3O3. The molecule has 1 N–H and O–H groups in total. The van der Waals surface area contributed by atoms with Crippen molar-refractivity contribution < 1.29 is 14.4 Å². The fraction of sp³-hybridized carbons (Fsp3) is 0.556. The largest absolute Gasteiger partial charge is 0.491 e. The van der Waals surface area contributed by atoms with Gasteiger partial charge in [-0.2, -0.15) is 4.98 Å². The van der Waals surface area contributed by atoms with E-state index in [1.807, 2.05) is 38.1 Å². The molecule has 1 aliphatic heterocycles. The molecule has 2 atom stereocenters. The van der Waals surface area contributed by atoms with Crippen molar-refractivity contribution in [3.8, 4) is 5.75 Å². The summed E-state index contributed by atoms with van der Waals surface area (Å²) in [5.41, 5.74) is 1.08. The van der Waals surface area contributed by atoms with Crippen molar-refractivity contribution in [1.82, 2.24) is 15.0 Å². The van der Waals surface area contributed by atoms with Crippen LogP contribution in [0.3, 0.4) is 0 Å². The van der Waals surface area contributed by atoms with Crippen LogP contribution in [-0.4, -0.2) is 52.5 Å². The van der Waals surface area contributed by atoms with Crippen molar-refractivity contribution in [3.05, 3.63) is 41.5 Å². The average Bonchev–Trinajstić information content (AvgIpc) is 3.01. The number of likely N-dealkylation sites (tertiary alicyclic amines) is 1. The topological polar surface area (TPSA) is 71.6 Å². The molecule has 2 unspecified atom stereocenters. The van der Waals surface area contributed by atoms with Crippen LogP contribution >= 0.6 is 0 Å². The number of ether oxygens (including phenoxy) is 1. The SMILES string of the molecule is Cc1noc(C2CCCN(CC(O)COc3ccccc3C)C2)n1. The number of aliphatic hydroxyl groups is 1. The van der Waals surface area contributed by atoms with Crippen LogP contribution in [0, 0.1) is 13.8 Å². The van der Waals surface area contributed by atoms with E-state index in [1.54, 1.807) is 0 Å². The summed E-state index contributed by atoms with van der Waals surface area (Å²) >= 11 is 0. The van der Waals surface area contributed by atoms with E-state index in [2.05, 4.69) is 15.0 Å². The van der Waals surface area contributed by atoms with Crippen LogP contribution in [0.2, 0.25) is 0 Å². The van der Waals surface area contributed by atoms with Crippen molar-refractivity contribution >= 4 is 0 Å². The van der Waals surface area contributed by atoms with Crippen LogP contribution in [0.5, 0.6) is 5.75 Å². The highest BCUT2D eigenvalue weighted by molar-refractivity contribution is 5.31. The summed E-state index contributed by atoms with van der Waals surface area (Å²) in [5, 5.41) is 14.2. The number of hydrogen-bond acceptors (Lipinski definition) is 6. The van der Waals surface area contributed by atoms with Gasteiger partial charge in [0.1, 0.15) is 18.5 Å². The number of β-amino-alcohol motifs (C(OH)–C–C–N with tert-alkyl or cyclic N) is 1. The molecule has 6 nitrogen and oxygen atoms in total. The molecule has 6 heteroatoms. The Morgan fingerprint density at radius 1 is 1.38 bits per heavy atom. The first-order valence-electron chi connectivity index (χ1n) is 8.51. The normalized spacial score (nSPS) is 20.0. The number of piperidine rings is 1. The molecule has 0 amide bonds. The van der Waals surface area contributed by atoms with E-state index in [1.165, 1.54) is 0 Å². The monoisotopic (exact) mass is 331 g/mol. The molecule has 1 aliphatic rings. The number of nitrogens with zero attached hydrogens (tertiary/aromatic N) is 3. The maximum absolute atomic E-state index is 10.3. The number of aromatic nitrogens is 2. The quantitative estimate of drug-likeness (QED) is 0.876. The zero-order valence-electron chi connectivity index (χ0n) is 14.3. The summed E-state index contributed by atoms with van der Waals surface area (Å²) in [7, 11) is 0. The minimum absolute atomic E-state index is 0.254. The third-order valence-electron chi connectivity index (χ3n) is 4.39. The van der Waals surface area contributed by atoms with E-state index < -0.39 is 6.10 Å². The van der Waals surface area contributed by atoms with Crippen LogP contribution < -0.4 is 4.74 Å². The Morgan fingerprint density at radius 3 is 2.96 bits per heavy atom. The molecule has 0 saturated carbocycles. The van der Waals surface area contributed by atoms with Gasteiger partial charge in [0.15, 0.2) is 5.82 Å². The first-order chi connectivity index (χ1) is 11.6. The minimum atomic E-state index is -0.521. The highest BCUT2D eigenvalue weighted by Crippen LogP contribution is 2.25. The van der Waals surface area contributed by atoms with Gasteiger partial charge in [-0.1, -0.05) is 23.4 Å². The Labute approximate surface area is 142 Å². The molecule has 1 fully saturated rings. The highest BCUT2D eigenvalue weighted by atomic mass is 16.5. The Kier molecular flexibility index (Phi) is 5.48. The molecule has 1 aromatic heterocycles. The molecule has 24 heavy (non-hydrogen) atoms. The zero-order chi connectivity index (χ0) is 16.9. The smallest absolute Gasteiger partial charge is 0.231 e. The third-order valence-corrected chi connectivity index (χ3v) is 4.39. The summed E-state index contributed by atoms with van der Waals surface area (Å²) in [6, 6.07) is 7.85. The number of rotatable bonds is 6. The lowest BCUT2D eigenvalue weighted by Gasteiger charge is -2.32. The van der Waals surface area contributed by atoms with Crippen LogP contribution in [0.4, 0.5) is 0 Å². The molecule has 2 heterocycles. The lowest BCUT2D eigenvalue weighted by Crippen LogP contribution is -2.41. The molecule has 1 aromatic carbocycles. The summed E-state index contributed by atoms with van der Waals surface area (Å²) in [5.74, 6) is 2.47. The Balaban J connectivity index is 1.49. The maximum atomic E-state index is 10.3. The van der Waals surface area contributed by atoms with E-state index in [-0.39, 0.29) is 5.92 Å². The average molecular weight is 331 g/mol. The molecule has 3 rings (SSSR count). The predicted molar refractivity (Wildman–Crippen MR) is 90.1 cm³/mol. The maximum Gasteiger partial charge on any atom is 0.231 e. The first-order valence-corrected chi connectivity index (χ1v) is 8.51. The predicted octanol–water partition coefficient (Wildman–Crippen LogP) is 2.31. The summed E-state index contributed by atoms with van der Waals surface area (Å²) < 4.78 is 11.0. The van der Waals surface area contributed by atoms with Gasteiger partial charge in [-0.15, -0.1) is 0 Å². The molecular weight excluding hydrogens is 306 g/mol. The van der Waals surface area contributed by atoms with Crippen LogP contribution in [0.25, 0.3) is 0 Å². The molecule has 2 aromatic rings. The van der Waals surface area contributed by atoms with Gasteiger partial charge in [0.05, 0.1) is 5.92 Å². The van der Waals surface area contributed by atoms with Crippen LogP contribution in [0.15, 0.2) is 28.8 Å². The van der Waals surface area contributed by atoms with Gasteiger partial charge in [0.25, 0.3) is 0 Å². The van der Waals surface area contributed by atoms with Gasteiger partial charge < -0.3 is 14.4 Å². The van der Waals surface area contributed by atoms with Crippen molar-refractivity contribution in [2.45, 2.75) is 38.7 Å². The van der Waals surface area contributed by atoms with Crippen molar-refractivity contribution in [3.63, 3.8) is 0 Å². The van der Waals surface area contributed by atoms with Crippen molar-refractivity contribution in [2.75, 3.05) is 26.2 Å². The first kappa shape index (κ1) is 16.9. The summed E-state index contributed by atoms with van der Waals surface area (Å²) in [6.07, 6.45) is 1.60. The fourth-order valence-electron chi connectivity index (χ4n) is 3.16. The minimum Gasteiger partial charge on any atom is -0.491 e. The molecule has 0 bridgehead atoms. The van der Waals surface area contributed by atoms with E-state index >= 15 is 0 Å². The number of aliphatic hydroxyl groups excluding tert-OH is 1. The lowest BCUT2D eigenvalue weighted by atomic mass is 9.98. The molecule has 0 radical (unpaired) electrons. The standard InChI is InChI=1S/C18H25N3O3/c1-13-6-3-4-8-17(13)23-12-16(22)11-21-9-5-7-15(10-21)18-19-14(2)20-24-18/h3-4,6,8,15-16,22H,5,7,9-12H2,1-2H3. The van der Waals surface area contributed by atoms with Gasteiger partial charge >= 0.3 is 0 Å². The molecule has 0 aliphatic carbocycles. The van der Waals surface area contributed by atoms with Crippen molar-refractivity contribution in [1.29, 1.82) is 0 Å². The molecule has 1 saturated heterocycles. The second-order valence-corrected chi connectivity index (χ2v) is 6.51. The zero-order valence-corrected chi connectivity index (χ0v) is 14.3. The molecule has 0 spiro atoms. The third kappa shape index (κ3) is 4.33. The van der Waals surface area contributed by atoms with E-state index in [9.17, 15) is 5.11 Å². The van der Waals surface area contributed by atoms with Crippen LogP contribution in [0.1, 0.15) is 36.0 Å². The molecule has 130 valence electrons. The van der Waals surface area contributed by atoms with E-state index in [0.717, 1.165) is 37.2 Å². The highest BCUT2D eigenvalue weighted by Gasteiger charge is 2.26. The van der Waals surface area contributed by atoms with Gasteiger partial charge in [-0.25, -0.2) is 0 Å². The van der Waals surface area contributed by atoms with E-state index in [4.69, 9.17) is 9.26 Å². The van der Waals surface area contributed by atoms with Gasteiger partial charge in [0, 0.05) is 13.1 Å². The van der Waals surface area contributed by atoms with E-state index in [0.29, 0.717) is 24.9 Å². The second kappa shape index (κ2) is 7.77. The lowest BCUT2D eigenvalue weighted by molar-refractivity contribution is 0.0559. The number of hydrogen-bond donors (Lipinski definition) is 1. The Bertz CT molecular complexity index is 658. The van der Waals surface area contributed by atoms with Gasteiger partial charge in [-0.05, 0) is 44.9 Å². The fourth-order valence-corrected chi connectivity index (χ4v) is 3.16. The second-order valence-electron chi connectivity index (χ2n) is 6.51. The Hall–Kier alpha value is -1.92.